The van der Waals surface area contributed by atoms with Gasteiger partial charge in [-0.25, -0.2) is 5.43 Å². The number of rotatable bonds is 8. The van der Waals surface area contributed by atoms with Gasteiger partial charge in [-0.1, -0.05) is 20.3 Å². The molecule has 0 fully saturated rings. The van der Waals surface area contributed by atoms with E-state index < -0.39 is 27.1 Å². The number of unbranched alkanes of at least 4 members (excludes halogenated alkanes) is 1. The molecule has 1 rings (SSSR count). The van der Waals surface area contributed by atoms with Crippen LogP contribution in [0.3, 0.4) is 0 Å². The normalized spacial score (nSPS) is 11.1. The first kappa shape index (κ1) is 18.2. The second kappa shape index (κ2) is 8.57. The maximum atomic E-state index is 12.0. The van der Waals surface area contributed by atoms with Crippen molar-refractivity contribution < 1.29 is 14.6 Å². The highest BCUT2D eigenvalue weighted by Crippen LogP contribution is 2.22. The topological polar surface area (TPSA) is 128 Å². The Hall–Kier alpha value is -2.84. The van der Waals surface area contributed by atoms with E-state index in [0.29, 0.717) is 6.42 Å². The molecule has 1 N–H and O–H groups in total. The van der Waals surface area contributed by atoms with Gasteiger partial charge in [0.05, 0.1) is 21.5 Å². The molecule has 0 bridgehead atoms. The van der Waals surface area contributed by atoms with Crippen molar-refractivity contribution in [3.8, 4) is 0 Å². The monoisotopic (exact) mass is 322 g/mol. The molecule has 124 valence electrons. The second-order valence-corrected chi connectivity index (χ2v) is 4.83. The van der Waals surface area contributed by atoms with E-state index in [4.69, 9.17) is 0 Å². The molecule has 0 saturated carbocycles. The van der Waals surface area contributed by atoms with Crippen molar-refractivity contribution in [2.24, 2.45) is 5.10 Å². The first-order valence-electron chi connectivity index (χ1n) is 7.18. The van der Waals surface area contributed by atoms with E-state index in [1.54, 1.807) is 0 Å². The smallest absolute Gasteiger partial charge is 0.267 e. The summed E-state index contributed by atoms with van der Waals surface area (Å²) in [6, 6.07) is 2.77. The molecular weight excluding hydrogens is 304 g/mol. The highest BCUT2D eigenvalue weighted by atomic mass is 16.6. The van der Waals surface area contributed by atoms with E-state index in [0.717, 1.165) is 43.2 Å². The summed E-state index contributed by atoms with van der Waals surface area (Å²) < 4.78 is 0. The zero-order chi connectivity index (χ0) is 17.4. The number of hydrogen-bond acceptors (Lipinski definition) is 6. The van der Waals surface area contributed by atoms with E-state index in [2.05, 4.69) is 10.5 Å². The number of nitrogens with zero attached hydrogens (tertiary/aromatic N) is 3. The molecule has 0 spiro atoms. The van der Waals surface area contributed by atoms with Crippen LogP contribution in [0.4, 0.5) is 11.4 Å². The molecule has 0 aromatic heterocycles. The number of amides is 1. The highest BCUT2D eigenvalue weighted by Gasteiger charge is 2.19. The van der Waals surface area contributed by atoms with Crippen molar-refractivity contribution in [2.75, 3.05) is 0 Å². The van der Waals surface area contributed by atoms with Crippen molar-refractivity contribution in [1.29, 1.82) is 0 Å². The van der Waals surface area contributed by atoms with Crippen molar-refractivity contribution in [3.63, 3.8) is 0 Å². The quantitative estimate of drug-likeness (QED) is 0.446. The molecule has 0 aliphatic carbocycles. The lowest BCUT2D eigenvalue weighted by atomic mass is 10.1. The van der Waals surface area contributed by atoms with Gasteiger partial charge in [0.15, 0.2) is 0 Å². The van der Waals surface area contributed by atoms with Crippen LogP contribution in [0.25, 0.3) is 0 Å². The van der Waals surface area contributed by atoms with Crippen LogP contribution in [0.15, 0.2) is 23.3 Å². The number of nitrogens with one attached hydrogen (secondary N) is 1. The minimum absolute atomic E-state index is 0.180. The number of hydrazone groups is 1. The fraction of sp³-hybridized carbons (Fsp3) is 0.429. The van der Waals surface area contributed by atoms with Gasteiger partial charge >= 0.3 is 0 Å². The van der Waals surface area contributed by atoms with E-state index in [1.807, 2.05) is 13.8 Å². The van der Waals surface area contributed by atoms with Crippen molar-refractivity contribution in [3.05, 3.63) is 44.0 Å². The Morgan fingerprint density at radius 1 is 1.13 bits per heavy atom. The molecule has 1 amide bonds. The van der Waals surface area contributed by atoms with Crippen LogP contribution in [0.1, 0.15) is 49.9 Å². The summed E-state index contributed by atoms with van der Waals surface area (Å²) in [5, 5.41) is 25.6. The molecule has 1 aromatic carbocycles. The van der Waals surface area contributed by atoms with Gasteiger partial charge in [-0.15, -0.1) is 0 Å². The predicted octanol–water partition coefficient (Wildman–Crippen LogP) is 3.19. The lowest BCUT2D eigenvalue weighted by Gasteiger charge is -2.04. The molecule has 0 saturated heterocycles. The van der Waals surface area contributed by atoms with Crippen LogP contribution < -0.4 is 5.43 Å². The molecular formula is C14H18N4O5. The fourth-order valence-corrected chi connectivity index (χ4v) is 1.82. The lowest BCUT2D eigenvalue weighted by Crippen LogP contribution is -2.20. The third-order valence-electron chi connectivity index (χ3n) is 3.13. The predicted molar refractivity (Wildman–Crippen MR) is 84.5 cm³/mol. The number of benzene rings is 1. The van der Waals surface area contributed by atoms with Crippen LogP contribution >= 0.6 is 0 Å². The largest absolute Gasteiger partial charge is 0.277 e. The maximum Gasteiger partial charge on any atom is 0.277 e. The summed E-state index contributed by atoms with van der Waals surface area (Å²) in [6.07, 6.45) is 3.33. The molecule has 0 heterocycles. The SMILES string of the molecule is CCCC/C(CC)=N/NC(=O)c1cc([N+](=O)[O-])cc([N+](=O)[O-])c1. The number of nitro benzene ring substituents is 2. The Bertz CT molecular complexity index is 610. The Morgan fingerprint density at radius 3 is 2.13 bits per heavy atom. The van der Waals surface area contributed by atoms with E-state index in [9.17, 15) is 25.0 Å². The number of carbonyl (C=O) groups excluding carboxylic acids is 1. The molecule has 0 radical (unpaired) electrons. The summed E-state index contributed by atoms with van der Waals surface area (Å²) in [4.78, 5) is 32.1. The van der Waals surface area contributed by atoms with Gasteiger partial charge in [0.2, 0.25) is 0 Å². The number of nitro groups is 2. The summed E-state index contributed by atoms with van der Waals surface area (Å²) in [5.74, 6) is -0.723. The van der Waals surface area contributed by atoms with Crippen LogP contribution in [0.5, 0.6) is 0 Å². The Balaban J connectivity index is 3.00. The van der Waals surface area contributed by atoms with Crippen LogP contribution in [-0.2, 0) is 0 Å². The molecule has 9 heteroatoms. The first-order valence-corrected chi connectivity index (χ1v) is 7.18. The molecule has 0 unspecified atom stereocenters. The third-order valence-corrected chi connectivity index (χ3v) is 3.13. The van der Waals surface area contributed by atoms with Gasteiger partial charge in [0, 0.05) is 17.8 Å². The maximum absolute atomic E-state index is 12.0. The van der Waals surface area contributed by atoms with Crippen LogP contribution in [0, 0.1) is 20.2 Å². The second-order valence-electron chi connectivity index (χ2n) is 4.83. The van der Waals surface area contributed by atoms with Gasteiger partial charge < -0.3 is 0 Å². The molecule has 1 aromatic rings. The molecule has 0 aliphatic rings. The average Bonchev–Trinajstić information content (AvgIpc) is 2.54. The molecule has 0 atom stereocenters. The Morgan fingerprint density at radius 2 is 1.70 bits per heavy atom. The van der Waals surface area contributed by atoms with Crippen molar-refractivity contribution in [2.45, 2.75) is 39.5 Å². The minimum Gasteiger partial charge on any atom is -0.267 e. The summed E-state index contributed by atoms with van der Waals surface area (Å²) in [5.41, 5.74) is 1.87. The van der Waals surface area contributed by atoms with Crippen LogP contribution in [-0.4, -0.2) is 21.5 Å². The van der Waals surface area contributed by atoms with Crippen LogP contribution in [0.2, 0.25) is 0 Å². The van der Waals surface area contributed by atoms with Gasteiger partial charge in [-0.2, -0.15) is 5.10 Å². The summed E-state index contributed by atoms with van der Waals surface area (Å²) >= 11 is 0. The minimum atomic E-state index is -0.786. The van der Waals surface area contributed by atoms with Gasteiger partial charge in [0.1, 0.15) is 0 Å². The molecule has 23 heavy (non-hydrogen) atoms. The number of carbonyl (C=O) groups is 1. The standard InChI is InChI=1S/C14H18N4O5/c1-3-5-6-11(4-2)15-16-14(19)10-7-12(17(20)21)9-13(8-10)18(22)23/h7-9H,3-6H2,1-2H3,(H,16,19)/b15-11+. The molecule has 9 nitrogen and oxygen atoms in total. The van der Waals surface area contributed by atoms with E-state index >= 15 is 0 Å². The first-order chi connectivity index (χ1) is 10.9. The van der Waals surface area contributed by atoms with E-state index in [1.165, 1.54) is 0 Å². The Kier molecular flexibility index (Phi) is 6.78. The zero-order valence-electron chi connectivity index (χ0n) is 12.9. The van der Waals surface area contributed by atoms with Crippen molar-refractivity contribution >= 4 is 23.0 Å². The number of hydrogen-bond donors (Lipinski definition) is 1. The lowest BCUT2D eigenvalue weighted by molar-refractivity contribution is -0.394. The highest BCUT2D eigenvalue weighted by molar-refractivity contribution is 5.96. The van der Waals surface area contributed by atoms with Gasteiger partial charge in [0.25, 0.3) is 17.3 Å². The number of non-ortho nitro benzene ring substituents is 2. The van der Waals surface area contributed by atoms with Crippen molar-refractivity contribution in [1.82, 2.24) is 5.43 Å². The average molecular weight is 322 g/mol. The molecule has 0 aliphatic heterocycles. The fourth-order valence-electron chi connectivity index (χ4n) is 1.82. The third kappa shape index (κ3) is 5.46. The zero-order valence-corrected chi connectivity index (χ0v) is 12.9. The van der Waals surface area contributed by atoms with Gasteiger partial charge in [-0.05, 0) is 19.3 Å². The Labute approximate surface area is 132 Å². The van der Waals surface area contributed by atoms with E-state index in [-0.39, 0.29) is 5.56 Å². The van der Waals surface area contributed by atoms with Gasteiger partial charge in [-0.3, -0.25) is 25.0 Å². The summed E-state index contributed by atoms with van der Waals surface area (Å²) in [6.45, 7) is 3.94. The summed E-state index contributed by atoms with van der Waals surface area (Å²) in [7, 11) is 0.